The molecule has 0 atom stereocenters. The quantitative estimate of drug-likeness (QED) is 0.899. The van der Waals surface area contributed by atoms with Crippen molar-refractivity contribution in [1.29, 1.82) is 0 Å². The molecule has 1 aliphatic heterocycles. The van der Waals surface area contributed by atoms with Crippen molar-refractivity contribution in [2.45, 2.75) is 19.8 Å². The molecule has 0 bridgehead atoms. The number of hydrogen-bond donors (Lipinski definition) is 1. The first-order valence-electron chi connectivity index (χ1n) is 6.75. The average Bonchev–Trinajstić information content (AvgIpc) is 2.46. The molecule has 0 aliphatic carbocycles. The van der Waals surface area contributed by atoms with Crippen LogP contribution in [-0.2, 0) is 4.79 Å². The third-order valence-electron chi connectivity index (χ3n) is 3.65. The second-order valence-electron chi connectivity index (χ2n) is 5.03. The first-order valence-corrected chi connectivity index (χ1v) is 6.75. The van der Waals surface area contributed by atoms with Gasteiger partial charge in [0.2, 0.25) is 5.91 Å². The fourth-order valence-electron chi connectivity index (χ4n) is 2.38. The molecule has 0 aromatic heterocycles. The Morgan fingerprint density at radius 3 is 2.42 bits per heavy atom. The number of carbonyl (C=O) groups excluding carboxylic acids is 2. The number of benzene rings is 1. The predicted octanol–water partition coefficient (Wildman–Crippen LogP) is 1.67. The summed E-state index contributed by atoms with van der Waals surface area (Å²) < 4.78 is 0. The van der Waals surface area contributed by atoms with Crippen molar-refractivity contribution in [1.82, 2.24) is 10.2 Å². The van der Waals surface area contributed by atoms with Gasteiger partial charge in [-0.05, 0) is 30.9 Å². The lowest BCUT2D eigenvalue weighted by molar-refractivity contribution is -0.130. The van der Waals surface area contributed by atoms with Crippen LogP contribution in [0.25, 0.3) is 0 Å². The second-order valence-corrected chi connectivity index (χ2v) is 5.03. The van der Waals surface area contributed by atoms with Crippen LogP contribution in [0.15, 0.2) is 30.3 Å². The monoisotopic (exact) mass is 260 g/mol. The molecule has 102 valence electrons. The molecule has 4 heteroatoms. The zero-order chi connectivity index (χ0) is 13.7. The summed E-state index contributed by atoms with van der Waals surface area (Å²) in [5.74, 6) is 0.602. The van der Waals surface area contributed by atoms with Crippen LogP contribution in [0.1, 0.15) is 30.1 Å². The van der Waals surface area contributed by atoms with Gasteiger partial charge < -0.3 is 10.2 Å². The van der Waals surface area contributed by atoms with Crippen LogP contribution in [0.4, 0.5) is 0 Å². The van der Waals surface area contributed by atoms with E-state index in [2.05, 4.69) is 5.32 Å². The first kappa shape index (κ1) is 13.6. The Morgan fingerprint density at radius 2 is 1.84 bits per heavy atom. The van der Waals surface area contributed by atoms with Crippen LogP contribution in [0.2, 0.25) is 0 Å². The van der Waals surface area contributed by atoms with Gasteiger partial charge in [0.1, 0.15) is 0 Å². The van der Waals surface area contributed by atoms with Gasteiger partial charge in [0, 0.05) is 32.1 Å². The lowest BCUT2D eigenvalue weighted by Gasteiger charge is -2.31. The van der Waals surface area contributed by atoms with Crippen LogP contribution in [0.5, 0.6) is 0 Å². The second kappa shape index (κ2) is 6.36. The standard InChI is InChI=1S/C15H20N2O2/c1-12(18)17-9-7-13(8-10-17)11-16-15(19)14-5-3-2-4-6-14/h2-6,13H,7-11H2,1H3,(H,16,19). The van der Waals surface area contributed by atoms with Gasteiger partial charge in [0.25, 0.3) is 5.91 Å². The number of likely N-dealkylation sites (tertiary alicyclic amines) is 1. The van der Waals surface area contributed by atoms with Gasteiger partial charge in [0.05, 0.1) is 0 Å². The summed E-state index contributed by atoms with van der Waals surface area (Å²) >= 11 is 0. The van der Waals surface area contributed by atoms with Crippen molar-refractivity contribution in [3.05, 3.63) is 35.9 Å². The van der Waals surface area contributed by atoms with Gasteiger partial charge in [0.15, 0.2) is 0 Å². The normalized spacial score (nSPS) is 16.2. The van der Waals surface area contributed by atoms with Crippen molar-refractivity contribution in [2.24, 2.45) is 5.92 Å². The number of hydrogen-bond acceptors (Lipinski definition) is 2. The summed E-state index contributed by atoms with van der Waals surface area (Å²) in [7, 11) is 0. The van der Waals surface area contributed by atoms with Gasteiger partial charge in [-0.1, -0.05) is 18.2 Å². The number of carbonyl (C=O) groups is 2. The Hall–Kier alpha value is -1.84. The molecule has 4 nitrogen and oxygen atoms in total. The molecule has 0 radical (unpaired) electrons. The highest BCUT2D eigenvalue weighted by atomic mass is 16.2. The van der Waals surface area contributed by atoms with Crippen molar-refractivity contribution >= 4 is 11.8 Å². The van der Waals surface area contributed by atoms with Gasteiger partial charge in [-0.25, -0.2) is 0 Å². The molecule has 1 aromatic rings. The Labute approximate surface area is 113 Å². The van der Waals surface area contributed by atoms with E-state index in [0.29, 0.717) is 18.0 Å². The number of amides is 2. The van der Waals surface area contributed by atoms with E-state index in [0.717, 1.165) is 25.9 Å². The summed E-state index contributed by atoms with van der Waals surface area (Å²) in [4.78, 5) is 25.0. The molecular weight excluding hydrogens is 240 g/mol. The van der Waals surface area contributed by atoms with Gasteiger partial charge in [-0.15, -0.1) is 0 Å². The van der Waals surface area contributed by atoms with Crippen LogP contribution in [0, 0.1) is 5.92 Å². The smallest absolute Gasteiger partial charge is 0.251 e. The maximum absolute atomic E-state index is 11.9. The largest absolute Gasteiger partial charge is 0.352 e. The van der Waals surface area contributed by atoms with E-state index in [1.54, 1.807) is 6.92 Å². The Balaban J connectivity index is 1.75. The third kappa shape index (κ3) is 3.81. The summed E-state index contributed by atoms with van der Waals surface area (Å²) in [6.45, 7) is 3.92. The van der Waals surface area contributed by atoms with Gasteiger partial charge >= 0.3 is 0 Å². The molecule has 1 aromatic carbocycles. The van der Waals surface area contributed by atoms with E-state index in [9.17, 15) is 9.59 Å². The minimum Gasteiger partial charge on any atom is -0.352 e. The summed E-state index contributed by atoms with van der Waals surface area (Å²) in [6.07, 6.45) is 1.93. The zero-order valence-electron chi connectivity index (χ0n) is 11.3. The van der Waals surface area contributed by atoms with Crippen LogP contribution >= 0.6 is 0 Å². The molecule has 1 aliphatic rings. The Kier molecular flexibility index (Phi) is 4.55. The lowest BCUT2D eigenvalue weighted by atomic mass is 9.96. The highest BCUT2D eigenvalue weighted by molar-refractivity contribution is 5.94. The highest BCUT2D eigenvalue weighted by Gasteiger charge is 2.21. The number of nitrogens with zero attached hydrogens (tertiary/aromatic N) is 1. The van der Waals surface area contributed by atoms with Crippen LogP contribution in [0.3, 0.4) is 0 Å². The number of rotatable bonds is 3. The summed E-state index contributed by atoms with van der Waals surface area (Å²) in [6, 6.07) is 9.25. The maximum Gasteiger partial charge on any atom is 0.251 e. The van der Waals surface area contributed by atoms with E-state index in [4.69, 9.17) is 0 Å². The topological polar surface area (TPSA) is 49.4 Å². The SMILES string of the molecule is CC(=O)N1CCC(CNC(=O)c2ccccc2)CC1. The fourth-order valence-corrected chi connectivity index (χ4v) is 2.38. The van der Waals surface area contributed by atoms with E-state index < -0.39 is 0 Å². The minimum atomic E-state index is -0.0189. The Morgan fingerprint density at radius 1 is 1.21 bits per heavy atom. The van der Waals surface area contributed by atoms with Gasteiger partial charge in [-0.3, -0.25) is 9.59 Å². The number of piperidine rings is 1. The zero-order valence-corrected chi connectivity index (χ0v) is 11.3. The molecule has 2 rings (SSSR count). The van der Waals surface area contributed by atoms with Crippen molar-refractivity contribution in [2.75, 3.05) is 19.6 Å². The lowest BCUT2D eigenvalue weighted by Crippen LogP contribution is -2.40. The molecule has 0 unspecified atom stereocenters. The molecular formula is C15H20N2O2. The number of nitrogens with one attached hydrogen (secondary N) is 1. The van der Waals surface area contributed by atoms with Crippen LogP contribution < -0.4 is 5.32 Å². The van der Waals surface area contributed by atoms with E-state index in [1.807, 2.05) is 35.2 Å². The van der Waals surface area contributed by atoms with Crippen LogP contribution in [-0.4, -0.2) is 36.3 Å². The van der Waals surface area contributed by atoms with Gasteiger partial charge in [-0.2, -0.15) is 0 Å². The van der Waals surface area contributed by atoms with E-state index in [1.165, 1.54) is 0 Å². The van der Waals surface area contributed by atoms with Crippen molar-refractivity contribution in [3.63, 3.8) is 0 Å². The Bertz CT molecular complexity index is 437. The molecule has 1 heterocycles. The van der Waals surface area contributed by atoms with Crippen molar-refractivity contribution < 1.29 is 9.59 Å². The first-order chi connectivity index (χ1) is 9.16. The fraction of sp³-hybridized carbons (Fsp3) is 0.467. The van der Waals surface area contributed by atoms with E-state index in [-0.39, 0.29) is 11.8 Å². The highest BCUT2D eigenvalue weighted by Crippen LogP contribution is 2.16. The molecule has 1 saturated heterocycles. The molecule has 0 spiro atoms. The maximum atomic E-state index is 11.9. The minimum absolute atomic E-state index is 0.0189. The molecule has 1 N–H and O–H groups in total. The average molecular weight is 260 g/mol. The predicted molar refractivity (Wildman–Crippen MR) is 73.8 cm³/mol. The van der Waals surface area contributed by atoms with Crippen molar-refractivity contribution in [3.8, 4) is 0 Å². The third-order valence-corrected chi connectivity index (χ3v) is 3.65. The summed E-state index contributed by atoms with van der Waals surface area (Å²) in [5.41, 5.74) is 0.698. The molecule has 19 heavy (non-hydrogen) atoms. The molecule has 1 fully saturated rings. The van der Waals surface area contributed by atoms with E-state index >= 15 is 0 Å². The molecule has 0 saturated carbocycles. The molecule has 2 amide bonds. The summed E-state index contributed by atoms with van der Waals surface area (Å²) in [5, 5.41) is 2.97.